The Bertz CT molecular complexity index is 598. The Morgan fingerprint density at radius 1 is 1.32 bits per heavy atom. The summed E-state index contributed by atoms with van der Waals surface area (Å²) in [6.45, 7) is 1.87. The van der Waals surface area contributed by atoms with E-state index in [1.54, 1.807) is 30.3 Å². The molecule has 1 aromatic heterocycles. The van der Waals surface area contributed by atoms with Crippen LogP contribution in [-0.4, -0.2) is 10.9 Å². The van der Waals surface area contributed by atoms with E-state index in [-0.39, 0.29) is 5.91 Å². The number of carbonyl (C=O) groups excluding carboxylic acids is 1. The van der Waals surface area contributed by atoms with Gasteiger partial charge in [0, 0.05) is 10.7 Å². The van der Waals surface area contributed by atoms with Crippen LogP contribution in [0.5, 0.6) is 0 Å². The van der Waals surface area contributed by atoms with Gasteiger partial charge in [0.05, 0.1) is 11.9 Å². The highest BCUT2D eigenvalue weighted by atomic mass is 35.5. The largest absolute Gasteiger partial charge is 0.323 e. The summed E-state index contributed by atoms with van der Waals surface area (Å²) in [6.07, 6.45) is 1.49. The molecule has 0 aliphatic rings. The molecule has 1 heterocycles. The van der Waals surface area contributed by atoms with Crippen LogP contribution in [-0.2, 0) is 0 Å². The molecule has 0 aliphatic carbocycles. The number of hydrogen-bond acceptors (Lipinski definition) is 4. The van der Waals surface area contributed by atoms with Gasteiger partial charge in [-0.3, -0.25) is 10.6 Å². The van der Waals surface area contributed by atoms with Gasteiger partial charge in [0.2, 0.25) is 0 Å². The van der Waals surface area contributed by atoms with Crippen LogP contribution in [0.3, 0.4) is 0 Å². The Hall–Kier alpha value is -2.11. The van der Waals surface area contributed by atoms with Crippen molar-refractivity contribution in [1.29, 1.82) is 0 Å². The van der Waals surface area contributed by atoms with Gasteiger partial charge in [0.1, 0.15) is 5.69 Å². The molecule has 19 heavy (non-hydrogen) atoms. The minimum Gasteiger partial charge on any atom is -0.323 e. The van der Waals surface area contributed by atoms with Crippen LogP contribution in [0.15, 0.2) is 36.5 Å². The Labute approximate surface area is 115 Å². The van der Waals surface area contributed by atoms with Gasteiger partial charge in [0.15, 0.2) is 0 Å². The Kier molecular flexibility index (Phi) is 3.99. The molecule has 4 N–H and O–H groups in total. The molecule has 98 valence electrons. The molecule has 0 atom stereocenters. The summed E-state index contributed by atoms with van der Waals surface area (Å²) in [5.74, 6) is 4.95. The smallest absolute Gasteiger partial charge is 0.274 e. The van der Waals surface area contributed by atoms with Crippen molar-refractivity contribution in [3.05, 3.63) is 52.8 Å². The first-order valence-electron chi connectivity index (χ1n) is 5.60. The number of aromatic nitrogens is 1. The van der Waals surface area contributed by atoms with Crippen LogP contribution in [0.2, 0.25) is 5.02 Å². The first-order chi connectivity index (χ1) is 9.10. The quantitative estimate of drug-likeness (QED) is 0.595. The van der Waals surface area contributed by atoms with Gasteiger partial charge in [-0.25, -0.2) is 4.98 Å². The maximum atomic E-state index is 12.0. The maximum Gasteiger partial charge on any atom is 0.274 e. The van der Waals surface area contributed by atoms with Gasteiger partial charge in [-0.05, 0) is 42.8 Å². The Balaban J connectivity index is 2.15. The van der Waals surface area contributed by atoms with E-state index in [1.165, 1.54) is 6.20 Å². The van der Waals surface area contributed by atoms with Crippen molar-refractivity contribution in [1.82, 2.24) is 4.98 Å². The van der Waals surface area contributed by atoms with Crippen LogP contribution < -0.4 is 16.6 Å². The predicted molar refractivity (Wildman–Crippen MR) is 76.2 cm³/mol. The summed E-state index contributed by atoms with van der Waals surface area (Å²) < 4.78 is 0. The number of nitrogens with two attached hydrogens (primary N) is 1. The van der Waals surface area contributed by atoms with Crippen LogP contribution in [0.1, 0.15) is 16.1 Å². The first-order valence-corrected chi connectivity index (χ1v) is 5.98. The maximum absolute atomic E-state index is 12.0. The lowest BCUT2D eigenvalue weighted by Crippen LogP contribution is -2.15. The number of halogens is 1. The van der Waals surface area contributed by atoms with Crippen molar-refractivity contribution >= 4 is 28.9 Å². The fourth-order valence-corrected chi connectivity index (χ4v) is 1.79. The zero-order valence-corrected chi connectivity index (χ0v) is 11.0. The van der Waals surface area contributed by atoms with E-state index < -0.39 is 0 Å². The summed E-state index contributed by atoms with van der Waals surface area (Å²) in [5.41, 5.74) is 5.00. The van der Waals surface area contributed by atoms with Gasteiger partial charge in [-0.1, -0.05) is 11.6 Å². The van der Waals surface area contributed by atoms with Crippen LogP contribution in [0.4, 0.5) is 11.4 Å². The lowest BCUT2D eigenvalue weighted by molar-refractivity contribution is 0.102. The number of carbonyl (C=O) groups is 1. The molecular formula is C13H13ClN4O. The number of nitrogen functional groups attached to an aromatic ring is 1. The van der Waals surface area contributed by atoms with Crippen molar-refractivity contribution in [3.63, 3.8) is 0 Å². The fraction of sp³-hybridized carbons (Fsp3) is 0.0769. The SMILES string of the molecule is Cc1cc(Cl)ccc1NC(=O)c1ccc(NN)cn1. The number of nitrogens with one attached hydrogen (secondary N) is 2. The predicted octanol–water partition coefficient (Wildman–Crippen LogP) is 2.58. The molecule has 2 rings (SSSR count). The molecule has 0 saturated heterocycles. The highest BCUT2D eigenvalue weighted by Gasteiger charge is 2.09. The summed E-state index contributed by atoms with van der Waals surface area (Å²) in [4.78, 5) is 16.0. The van der Waals surface area contributed by atoms with E-state index in [1.807, 2.05) is 6.92 Å². The molecular weight excluding hydrogens is 264 g/mol. The van der Waals surface area contributed by atoms with Crippen molar-refractivity contribution in [2.24, 2.45) is 5.84 Å². The summed E-state index contributed by atoms with van der Waals surface area (Å²) >= 11 is 5.86. The minimum absolute atomic E-state index is 0.283. The first kappa shape index (κ1) is 13.3. The number of benzene rings is 1. The number of amides is 1. The summed E-state index contributed by atoms with van der Waals surface area (Å²) in [6, 6.07) is 8.53. The van der Waals surface area contributed by atoms with E-state index in [0.717, 1.165) is 5.56 Å². The standard InChI is InChI=1S/C13H13ClN4O/c1-8-6-9(14)2-4-11(8)17-13(19)12-5-3-10(18-15)7-16-12/h2-7,18H,15H2,1H3,(H,17,19). The number of nitrogens with zero attached hydrogens (tertiary/aromatic N) is 1. The minimum atomic E-state index is -0.283. The molecule has 5 nitrogen and oxygen atoms in total. The van der Waals surface area contributed by atoms with Crippen molar-refractivity contribution in [3.8, 4) is 0 Å². The van der Waals surface area contributed by atoms with E-state index in [4.69, 9.17) is 17.4 Å². The number of pyridine rings is 1. The third-order valence-corrected chi connectivity index (χ3v) is 2.83. The molecule has 0 fully saturated rings. The molecule has 0 bridgehead atoms. The zero-order valence-electron chi connectivity index (χ0n) is 10.3. The fourth-order valence-electron chi connectivity index (χ4n) is 1.57. The van der Waals surface area contributed by atoms with Crippen molar-refractivity contribution in [2.75, 3.05) is 10.7 Å². The van der Waals surface area contributed by atoms with Crippen LogP contribution in [0.25, 0.3) is 0 Å². The highest BCUT2D eigenvalue weighted by molar-refractivity contribution is 6.30. The number of hydrogen-bond donors (Lipinski definition) is 3. The summed E-state index contributed by atoms with van der Waals surface area (Å²) in [7, 11) is 0. The number of hydrazine groups is 1. The van der Waals surface area contributed by atoms with Crippen molar-refractivity contribution in [2.45, 2.75) is 6.92 Å². The van der Waals surface area contributed by atoms with Gasteiger partial charge >= 0.3 is 0 Å². The molecule has 1 aromatic carbocycles. The molecule has 6 heteroatoms. The van der Waals surface area contributed by atoms with Crippen LogP contribution >= 0.6 is 11.6 Å². The van der Waals surface area contributed by atoms with E-state index in [2.05, 4.69) is 15.7 Å². The third-order valence-electron chi connectivity index (χ3n) is 2.60. The topological polar surface area (TPSA) is 80.0 Å². The molecule has 1 amide bonds. The molecule has 0 radical (unpaired) electrons. The third kappa shape index (κ3) is 3.21. The van der Waals surface area contributed by atoms with Gasteiger partial charge in [0.25, 0.3) is 5.91 Å². The van der Waals surface area contributed by atoms with E-state index >= 15 is 0 Å². The van der Waals surface area contributed by atoms with Crippen molar-refractivity contribution < 1.29 is 4.79 Å². The normalized spacial score (nSPS) is 10.1. The monoisotopic (exact) mass is 276 g/mol. The molecule has 0 aliphatic heterocycles. The Morgan fingerprint density at radius 2 is 2.11 bits per heavy atom. The number of aryl methyl sites for hydroxylation is 1. The summed E-state index contributed by atoms with van der Waals surface area (Å²) in [5, 5.41) is 3.41. The lowest BCUT2D eigenvalue weighted by atomic mass is 10.2. The second-order valence-corrected chi connectivity index (χ2v) is 4.43. The van der Waals surface area contributed by atoms with Gasteiger partial charge in [-0.15, -0.1) is 0 Å². The van der Waals surface area contributed by atoms with E-state index in [0.29, 0.717) is 22.1 Å². The van der Waals surface area contributed by atoms with Gasteiger partial charge < -0.3 is 10.7 Å². The zero-order chi connectivity index (χ0) is 13.8. The van der Waals surface area contributed by atoms with Gasteiger partial charge in [-0.2, -0.15) is 0 Å². The lowest BCUT2D eigenvalue weighted by Gasteiger charge is -2.08. The highest BCUT2D eigenvalue weighted by Crippen LogP contribution is 2.20. The second kappa shape index (κ2) is 5.69. The number of rotatable bonds is 3. The molecule has 0 unspecified atom stereocenters. The van der Waals surface area contributed by atoms with E-state index in [9.17, 15) is 4.79 Å². The average molecular weight is 277 g/mol. The Morgan fingerprint density at radius 3 is 2.68 bits per heavy atom. The second-order valence-electron chi connectivity index (χ2n) is 3.99. The molecule has 2 aromatic rings. The average Bonchev–Trinajstić information content (AvgIpc) is 2.42. The molecule has 0 saturated carbocycles. The number of anilines is 2. The molecule has 0 spiro atoms. The van der Waals surface area contributed by atoms with Crippen LogP contribution in [0, 0.1) is 6.92 Å².